The summed E-state index contributed by atoms with van der Waals surface area (Å²) in [5, 5.41) is 3.85. The standard InChI is InChI=1S/C10H9BrN2O2/c1-14-7-4-2-6(3-5-7)9-8(11)10(12)15-13-9/h2-5H,12H2,1H3. The van der Waals surface area contributed by atoms with Gasteiger partial charge in [0.05, 0.1) is 7.11 Å². The van der Waals surface area contributed by atoms with Crippen LogP contribution in [0.25, 0.3) is 11.3 Å². The van der Waals surface area contributed by atoms with Crippen molar-refractivity contribution in [3.05, 3.63) is 28.7 Å². The van der Waals surface area contributed by atoms with Crippen molar-refractivity contribution in [2.75, 3.05) is 12.8 Å². The Kier molecular flexibility index (Phi) is 2.64. The van der Waals surface area contributed by atoms with Crippen LogP contribution in [0.1, 0.15) is 0 Å². The van der Waals surface area contributed by atoms with E-state index in [1.165, 1.54) is 0 Å². The quantitative estimate of drug-likeness (QED) is 0.910. The minimum absolute atomic E-state index is 0.279. The van der Waals surface area contributed by atoms with Gasteiger partial charge in [0.1, 0.15) is 15.9 Å². The maximum Gasteiger partial charge on any atom is 0.237 e. The number of nitrogens with zero attached hydrogens (tertiary/aromatic N) is 1. The average molecular weight is 269 g/mol. The lowest BCUT2D eigenvalue weighted by Crippen LogP contribution is -1.84. The molecule has 0 amide bonds. The van der Waals surface area contributed by atoms with E-state index in [0.29, 0.717) is 10.2 Å². The van der Waals surface area contributed by atoms with E-state index in [2.05, 4.69) is 21.1 Å². The fourth-order valence-corrected chi connectivity index (χ4v) is 1.59. The largest absolute Gasteiger partial charge is 0.497 e. The Hall–Kier alpha value is -1.49. The van der Waals surface area contributed by atoms with Gasteiger partial charge >= 0.3 is 0 Å². The van der Waals surface area contributed by atoms with Gasteiger partial charge in [-0.3, -0.25) is 0 Å². The minimum atomic E-state index is 0.279. The first-order chi connectivity index (χ1) is 7.22. The molecular weight excluding hydrogens is 260 g/mol. The van der Waals surface area contributed by atoms with Crippen molar-refractivity contribution in [1.82, 2.24) is 5.16 Å². The molecule has 2 N–H and O–H groups in total. The Morgan fingerprint density at radius 2 is 2.00 bits per heavy atom. The van der Waals surface area contributed by atoms with Crippen molar-refractivity contribution in [2.45, 2.75) is 0 Å². The van der Waals surface area contributed by atoms with Gasteiger partial charge in [0.2, 0.25) is 5.88 Å². The van der Waals surface area contributed by atoms with Crippen LogP contribution in [-0.4, -0.2) is 12.3 Å². The number of hydrogen-bond donors (Lipinski definition) is 1. The second-order valence-electron chi connectivity index (χ2n) is 2.94. The summed E-state index contributed by atoms with van der Waals surface area (Å²) in [4.78, 5) is 0. The van der Waals surface area contributed by atoms with Gasteiger partial charge in [0.15, 0.2) is 0 Å². The predicted molar refractivity (Wildman–Crippen MR) is 60.6 cm³/mol. The second kappa shape index (κ2) is 3.94. The third-order valence-corrected chi connectivity index (χ3v) is 2.79. The molecule has 0 aliphatic heterocycles. The number of nitrogens with two attached hydrogens (primary N) is 1. The predicted octanol–water partition coefficient (Wildman–Crippen LogP) is 2.69. The Labute approximate surface area is 95.1 Å². The molecule has 15 heavy (non-hydrogen) atoms. The van der Waals surface area contributed by atoms with Gasteiger partial charge in [0, 0.05) is 5.56 Å². The lowest BCUT2D eigenvalue weighted by Gasteiger charge is -2.00. The van der Waals surface area contributed by atoms with Gasteiger partial charge < -0.3 is 15.0 Å². The van der Waals surface area contributed by atoms with Crippen LogP contribution in [0.15, 0.2) is 33.3 Å². The van der Waals surface area contributed by atoms with Crippen LogP contribution in [0.5, 0.6) is 5.75 Å². The van der Waals surface area contributed by atoms with Crippen molar-refractivity contribution < 1.29 is 9.26 Å². The van der Waals surface area contributed by atoms with Crippen LogP contribution in [-0.2, 0) is 0 Å². The van der Waals surface area contributed by atoms with Crippen LogP contribution >= 0.6 is 15.9 Å². The highest BCUT2D eigenvalue weighted by Gasteiger charge is 2.12. The zero-order chi connectivity index (χ0) is 10.8. The Bertz CT molecular complexity index is 465. The van der Waals surface area contributed by atoms with Gasteiger partial charge in [-0.05, 0) is 40.2 Å². The Morgan fingerprint density at radius 1 is 1.33 bits per heavy atom. The fourth-order valence-electron chi connectivity index (χ4n) is 1.22. The summed E-state index contributed by atoms with van der Waals surface area (Å²) < 4.78 is 10.6. The van der Waals surface area contributed by atoms with Crippen LogP contribution < -0.4 is 10.5 Å². The number of methoxy groups -OCH3 is 1. The maximum absolute atomic E-state index is 5.53. The van der Waals surface area contributed by atoms with E-state index in [-0.39, 0.29) is 5.88 Å². The molecule has 0 bridgehead atoms. The van der Waals surface area contributed by atoms with Gasteiger partial charge in [-0.15, -0.1) is 0 Å². The summed E-state index contributed by atoms with van der Waals surface area (Å²) in [6, 6.07) is 7.49. The van der Waals surface area contributed by atoms with E-state index in [0.717, 1.165) is 11.3 Å². The van der Waals surface area contributed by atoms with Crippen LogP contribution in [0.3, 0.4) is 0 Å². The maximum atomic E-state index is 5.53. The third-order valence-electron chi connectivity index (χ3n) is 2.02. The topological polar surface area (TPSA) is 61.3 Å². The molecule has 2 aromatic rings. The summed E-state index contributed by atoms with van der Waals surface area (Å²) in [5.74, 6) is 1.08. The summed E-state index contributed by atoms with van der Waals surface area (Å²) >= 11 is 3.31. The average Bonchev–Trinajstić information content (AvgIpc) is 2.60. The molecule has 78 valence electrons. The van der Waals surface area contributed by atoms with Gasteiger partial charge in [0.25, 0.3) is 0 Å². The zero-order valence-electron chi connectivity index (χ0n) is 8.03. The first-order valence-electron chi connectivity index (χ1n) is 4.27. The molecule has 0 unspecified atom stereocenters. The molecule has 0 radical (unpaired) electrons. The number of halogens is 1. The van der Waals surface area contributed by atoms with Crippen LogP contribution in [0, 0.1) is 0 Å². The van der Waals surface area contributed by atoms with Crippen LogP contribution in [0.2, 0.25) is 0 Å². The second-order valence-corrected chi connectivity index (χ2v) is 3.73. The monoisotopic (exact) mass is 268 g/mol. The summed E-state index contributed by atoms with van der Waals surface area (Å²) in [6.07, 6.45) is 0. The third kappa shape index (κ3) is 1.83. The molecule has 0 spiro atoms. The number of rotatable bonds is 2. The van der Waals surface area contributed by atoms with Gasteiger partial charge in [-0.2, -0.15) is 0 Å². The molecule has 1 heterocycles. The molecular formula is C10H9BrN2O2. The molecule has 5 heteroatoms. The number of hydrogen-bond acceptors (Lipinski definition) is 4. The highest BCUT2D eigenvalue weighted by Crippen LogP contribution is 2.32. The van der Waals surface area contributed by atoms with E-state index in [1.807, 2.05) is 24.3 Å². The van der Waals surface area contributed by atoms with Crippen molar-refractivity contribution in [1.29, 1.82) is 0 Å². The van der Waals surface area contributed by atoms with Crippen LogP contribution in [0.4, 0.5) is 5.88 Å². The summed E-state index contributed by atoms with van der Waals surface area (Å²) in [7, 11) is 1.62. The Balaban J connectivity index is 2.41. The number of nitrogen functional groups attached to an aromatic ring is 1. The number of ether oxygens (including phenoxy) is 1. The molecule has 1 aromatic heterocycles. The molecule has 0 aliphatic rings. The molecule has 4 nitrogen and oxygen atoms in total. The molecule has 0 atom stereocenters. The minimum Gasteiger partial charge on any atom is -0.497 e. The van der Waals surface area contributed by atoms with Crippen molar-refractivity contribution in [3.63, 3.8) is 0 Å². The smallest absolute Gasteiger partial charge is 0.237 e. The zero-order valence-corrected chi connectivity index (χ0v) is 9.61. The highest BCUT2D eigenvalue weighted by atomic mass is 79.9. The lowest BCUT2D eigenvalue weighted by atomic mass is 10.1. The highest BCUT2D eigenvalue weighted by molar-refractivity contribution is 9.10. The van der Waals surface area contributed by atoms with E-state index in [9.17, 15) is 0 Å². The van der Waals surface area contributed by atoms with Crippen molar-refractivity contribution in [3.8, 4) is 17.0 Å². The first kappa shape index (κ1) is 10.0. The van der Waals surface area contributed by atoms with Crippen molar-refractivity contribution in [2.24, 2.45) is 0 Å². The van der Waals surface area contributed by atoms with E-state index >= 15 is 0 Å². The lowest BCUT2D eigenvalue weighted by molar-refractivity contribution is 0.415. The molecule has 2 rings (SSSR count). The molecule has 1 aromatic carbocycles. The fraction of sp³-hybridized carbons (Fsp3) is 0.100. The number of aromatic nitrogens is 1. The number of benzene rings is 1. The van der Waals surface area contributed by atoms with Gasteiger partial charge in [-0.25, -0.2) is 0 Å². The molecule has 0 saturated heterocycles. The first-order valence-corrected chi connectivity index (χ1v) is 5.06. The Morgan fingerprint density at radius 3 is 2.47 bits per heavy atom. The molecule has 0 aliphatic carbocycles. The normalized spacial score (nSPS) is 10.3. The summed E-state index contributed by atoms with van der Waals surface area (Å²) in [6.45, 7) is 0. The molecule has 0 fully saturated rings. The SMILES string of the molecule is COc1ccc(-c2noc(N)c2Br)cc1. The van der Waals surface area contributed by atoms with E-state index < -0.39 is 0 Å². The van der Waals surface area contributed by atoms with Gasteiger partial charge in [-0.1, -0.05) is 5.16 Å². The summed E-state index contributed by atoms with van der Waals surface area (Å²) in [5.41, 5.74) is 7.14. The van der Waals surface area contributed by atoms with E-state index in [1.54, 1.807) is 7.11 Å². The van der Waals surface area contributed by atoms with E-state index in [4.69, 9.17) is 15.0 Å². The number of anilines is 1. The van der Waals surface area contributed by atoms with Crippen molar-refractivity contribution >= 4 is 21.8 Å². The molecule has 0 saturated carbocycles.